The number of nitrogens with one attached hydrogen (secondary N) is 1. The molecule has 3 aromatic rings. The van der Waals surface area contributed by atoms with Gasteiger partial charge in [-0.15, -0.1) is 0 Å². The summed E-state index contributed by atoms with van der Waals surface area (Å²) in [5, 5.41) is 12.2. The molecule has 1 amide bonds. The van der Waals surface area contributed by atoms with Crippen LogP contribution in [-0.4, -0.2) is 28.1 Å². The first-order valence-corrected chi connectivity index (χ1v) is 13.4. The monoisotopic (exact) mass is 565 g/mol. The van der Waals surface area contributed by atoms with Gasteiger partial charge in [-0.05, 0) is 79.1 Å². The molecule has 0 spiro atoms. The minimum atomic E-state index is -1.37. The van der Waals surface area contributed by atoms with Crippen LogP contribution in [0.1, 0.15) is 50.7 Å². The molecule has 0 fully saturated rings. The van der Waals surface area contributed by atoms with Gasteiger partial charge in [0.2, 0.25) is 5.91 Å². The molecule has 0 saturated heterocycles. The third-order valence-electron chi connectivity index (χ3n) is 6.97. The van der Waals surface area contributed by atoms with E-state index in [1.165, 1.54) is 0 Å². The molecule has 2 atom stereocenters. The Morgan fingerprint density at radius 1 is 1.10 bits per heavy atom. The fourth-order valence-corrected chi connectivity index (χ4v) is 4.60. The third kappa shape index (κ3) is 7.26. The van der Waals surface area contributed by atoms with Gasteiger partial charge in [0.05, 0.1) is 5.41 Å². The lowest BCUT2D eigenvalue weighted by Gasteiger charge is -2.27. The number of allylic oxidation sites excluding steroid dienone is 1. The van der Waals surface area contributed by atoms with Gasteiger partial charge in [-0.1, -0.05) is 37.3 Å². The number of hydrogen-bond donors (Lipinski definition) is 3. The van der Waals surface area contributed by atoms with Gasteiger partial charge < -0.3 is 25.6 Å². The topological polar surface area (TPSA) is 124 Å². The van der Waals surface area contributed by atoms with Crippen LogP contribution < -0.4 is 20.5 Å². The molecule has 8 nitrogen and oxygen atoms in total. The molecular formula is C31H33F2N3O5. The molecular weight excluding hydrogens is 532 g/mol. The average Bonchev–Trinajstić information content (AvgIpc) is 2.96. The van der Waals surface area contributed by atoms with E-state index in [1.807, 2.05) is 49.4 Å². The molecule has 0 bridgehead atoms. The Bertz CT molecular complexity index is 1460. The Hall–Kier alpha value is -4.31. The van der Waals surface area contributed by atoms with Gasteiger partial charge in [0, 0.05) is 19.2 Å². The van der Waals surface area contributed by atoms with Gasteiger partial charge in [-0.25, -0.2) is 13.6 Å². The Kier molecular flexibility index (Phi) is 9.34. The molecule has 1 heterocycles. The number of rotatable bonds is 11. The maximum atomic E-state index is 14.7. The summed E-state index contributed by atoms with van der Waals surface area (Å²) in [4.78, 5) is 28.2. The summed E-state index contributed by atoms with van der Waals surface area (Å²) >= 11 is 0. The Labute approximate surface area is 237 Å². The van der Waals surface area contributed by atoms with E-state index in [1.54, 1.807) is 19.1 Å². The van der Waals surface area contributed by atoms with Crippen molar-refractivity contribution >= 4 is 11.9 Å². The van der Waals surface area contributed by atoms with Gasteiger partial charge in [-0.2, -0.15) is 4.98 Å². The van der Waals surface area contributed by atoms with E-state index in [-0.39, 0.29) is 24.6 Å². The second-order valence-electron chi connectivity index (χ2n) is 10.2. The number of carbonyl (C=O) groups excluding carboxylic acids is 1. The zero-order valence-corrected chi connectivity index (χ0v) is 23.0. The van der Waals surface area contributed by atoms with E-state index in [9.17, 15) is 23.5 Å². The number of nitrogens with zero attached hydrogens (tertiary/aromatic N) is 1. The largest absolute Gasteiger partial charge is 0.479 e. The molecule has 4 N–H and O–H groups in total. The highest BCUT2D eigenvalue weighted by molar-refractivity contribution is 5.84. The van der Waals surface area contributed by atoms with Crippen molar-refractivity contribution in [2.45, 2.75) is 58.7 Å². The summed E-state index contributed by atoms with van der Waals surface area (Å²) in [6.45, 7) is 3.96. The van der Waals surface area contributed by atoms with Crippen molar-refractivity contribution < 1.29 is 33.0 Å². The van der Waals surface area contributed by atoms with Crippen LogP contribution in [0.4, 0.5) is 8.78 Å². The van der Waals surface area contributed by atoms with Crippen LogP contribution in [0, 0.1) is 17.0 Å². The molecule has 2 aromatic carbocycles. The molecule has 1 aromatic heterocycles. The van der Waals surface area contributed by atoms with Crippen molar-refractivity contribution in [3.63, 3.8) is 0 Å². The van der Waals surface area contributed by atoms with Crippen molar-refractivity contribution in [1.29, 1.82) is 0 Å². The van der Waals surface area contributed by atoms with Crippen molar-refractivity contribution in [3.8, 4) is 28.6 Å². The molecule has 10 heteroatoms. The van der Waals surface area contributed by atoms with E-state index in [4.69, 9.17) is 15.2 Å². The van der Waals surface area contributed by atoms with Gasteiger partial charge >= 0.3 is 5.97 Å². The molecule has 216 valence electrons. The van der Waals surface area contributed by atoms with Gasteiger partial charge in [0.25, 0.3) is 11.8 Å². The number of carboxylic acids is 1. The maximum absolute atomic E-state index is 14.7. The molecule has 4 rings (SSSR count). The highest BCUT2D eigenvalue weighted by atomic mass is 19.1. The number of nitrogens with two attached hydrogens (primary N) is 1. The Balaban J connectivity index is 1.67. The summed E-state index contributed by atoms with van der Waals surface area (Å²) in [6, 6.07) is 13.2. The quantitative estimate of drug-likeness (QED) is 0.248. The second kappa shape index (κ2) is 12.9. The molecule has 41 heavy (non-hydrogen) atoms. The first kappa shape index (κ1) is 29.7. The molecule has 2 unspecified atom stereocenters. The van der Waals surface area contributed by atoms with Crippen LogP contribution in [0.5, 0.6) is 17.5 Å². The van der Waals surface area contributed by atoms with Crippen LogP contribution in [0.2, 0.25) is 0 Å². The summed E-state index contributed by atoms with van der Waals surface area (Å²) in [6.07, 6.45) is 5.24. The zero-order chi connectivity index (χ0) is 29.6. The summed E-state index contributed by atoms with van der Waals surface area (Å²) < 4.78 is 40.0. The first-order chi connectivity index (χ1) is 19.6. The molecule has 0 aliphatic heterocycles. The Morgan fingerprint density at radius 2 is 1.85 bits per heavy atom. The van der Waals surface area contributed by atoms with E-state index >= 15 is 0 Å². The highest BCUT2D eigenvalue weighted by Crippen LogP contribution is 2.33. The maximum Gasteiger partial charge on any atom is 0.344 e. The molecule has 0 saturated carbocycles. The van der Waals surface area contributed by atoms with E-state index in [0.29, 0.717) is 23.7 Å². The zero-order valence-electron chi connectivity index (χ0n) is 23.0. The minimum Gasteiger partial charge on any atom is -0.479 e. The van der Waals surface area contributed by atoms with Crippen LogP contribution >= 0.6 is 0 Å². The summed E-state index contributed by atoms with van der Waals surface area (Å²) in [7, 11) is 0. The van der Waals surface area contributed by atoms with E-state index in [0.717, 1.165) is 30.4 Å². The minimum absolute atomic E-state index is 0.0395. The van der Waals surface area contributed by atoms with Crippen molar-refractivity contribution in [2.24, 2.45) is 11.1 Å². The number of ether oxygens (including phenoxy) is 2. The van der Waals surface area contributed by atoms with Gasteiger partial charge in [-0.3, -0.25) is 4.79 Å². The number of aromatic nitrogens is 1. The number of carboxylic acid groups (broad SMARTS) is 1. The number of amides is 1. The normalized spacial score (nSPS) is 17.1. The van der Waals surface area contributed by atoms with Crippen LogP contribution in [0.15, 0.2) is 60.7 Å². The lowest BCUT2D eigenvalue weighted by atomic mass is 9.80. The predicted molar refractivity (Wildman–Crippen MR) is 149 cm³/mol. The molecule has 1 aliphatic rings. The number of hydrogen-bond acceptors (Lipinski definition) is 6. The van der Waals surface area contributed by atoms with Gasteiger partial charge in [0.1, 0.15) is 5.75 Å². The predicted octanol–water partition coefficient (Wildman–Crippen LogP) is 5.88. The van der Waals surface area contributed by atoms with Crippen molar-refractivity contribution in [2.75, 3.05) is 0 Å². The molecule has 1 aliphatic carbocycles. The Morgan fingerprint density at radius 3 is 2.54 bits per heavy atom. The fraction of sp³-hybridized carbons (Fsp3) is 0.323. The number of halogens is 2. The fourth-order valence-electron chi connectivity index (χ4n) is 4.60. The number of carbonyl (C=O) groups is 2. The van der Waals surface area contributed by atoms with Crippen LogP contribution in [0.3, 0.4) is 0 Å². The standard InChI is InChI=1S/C31H33F2N3O5/c1-3-26(29(37)38)41-28-25(33)16-24(32)27(36-28)40-23-14-20(18-35-30(39)31(2)10-5-4-6-11-31)13-22(15-23)21-9-7-8-19(12-21)17-34/h5,7-10,12-16,26H,3-4,6,11,17-18,34H2,1-2H3,(H,35,39)(H,37,38). The van der Waals surface area contributed by atoms with E-state index in [2.05, 4.69) is 10.3 Å². The highest BCUT2D eigenvalue weighted by Gasteiger charge is 2.31. The molecule has 0 radical (unpaired) electrons. The van der Waals surface area contributed by atoms with Gasteiger partial charge in [0.15, 0.2) is 17.7 Å². The number of benzene rings is 2. The van der Waals surface area contributed by atoms with Crippen LogP contribution in [0.25, 0.3) is 11.1 Å². The summed E-state index contributed by atoms with van der Waals surface area (Å²) in [5.41, 5.74) is 8.32. The van der Waals surface area contributed by atoms with Crippen molar-refractivity contribution in [3.05, 3.63) is 83.4 Å². The lowest BCUT2D eigenvalue weighted by molar-refractivity contribution is -0.145. The van der Waals surface area contributed by atoms with E-state index < -0.39 is 40.9 Å². The SMILES string of the molecule is CCC(Oc1nc(Oc2cc(CNC(=O)C3(C)C=CCCC3)cc(-c3cccc(CN)c3)c2)c(F)cc1F)C(=O)O. The smallest absolute Gasteiger partial charge is 0.344 e. The first-order valence-electron chi connectivity index (χ1n) is 13.4. The van der Waals surface area contributed by atoms with Crippen molar-refractivity contribution in [1.82, 2.24) is 10.3 Å². The average molecular weight is 566 g/mol. The van der Waals surface area contributed by atoms with Crippen LogP contribution in [-0.2, 0) is 22.7 Å². The second-order valence-corrected chi connectivity index (χ2v) is 10.2. The summed E-state index contributed by atoms with van der Waals surface area (Å²) in [5.74, 6) is -4.78. The third-order valence-corrected chi connectivity index (χ3v) is 6.97. The number of aliphatic carboxylic acids is 1. The number of pyridine rings is 1. The lowest BCUT2D eigenvalue weighted by Crippen LogP contribution is -2.38.